The van der Waals surface area contributed by atoms with Gasteiger partial charge in [0.25, 0.3) is 0 Å². The largest absolute Gasteiger partial charge is 0.477 e. The summed E-state index contributed by atoms with van der Waals surface area (Å²) in [5.74, 6) is -1.07. The quantitative estimate of drug-likeness (QED) is 0.823. The predicted molar refractivity (Wildman–Crippen MR) is 78.2 cm³/mol. The molecule has 1 aliphatic heterocycles. The van der Waals surface area contributed by atoms with E-state index in [0.29, 0.717) is 32.7 Å². The highest BCUT2D eigenvalue weighted by molar-refractivity contribution is 5.85. The fourth-order valence-electron chi connectivity index (χ4n) is 2.52. The van der Waals surface area contributed by atoms with Crippen molar-refractivity contribution >= 4 is 5.97 Å². The van der Waals surface area contributed by atoms with Gasteiger partial charge in [0.1, 0.15) is 5.70 Å². The predicted octanol–water partition coefficient (Wildman–Crippen LogP) is 1.71. The molecule has 1 fully saturated rings. The maximum Gasteiger partial charge on any atom is 0.416 e. The van der Waals surface area contributed by atoms with Gasteiger partial charge in [0.05, 0.1) is 5.56 Å². The number of nitrogens with zero attached hydrogens (tertiary/aromatic N) is 2. The molecule has 23 heavy (non-hydrogen) atoms. The third kappa shape index (κ3) is 4.38. The first-order valence-electron chi connectivity index (χ1n) is 7.10. The Morgan fingerprint density at radius 3 is 2.17 bits per heavy atom. The SMILES string of the molecule is NC=C(C(=O)O)N1CCN(Cc2ccc(C(F)(F)F)cc2)CC1. The zero-order valence-electron chi connectivity index (χ0n) is 12.4. The number of halogens is 3. The van der Waals surface area contributed by atoms with Crippen LogP contribution in [-0.4, -0.2) is 47.1 Å². The van der Waals surface area contributed by atoms with Gasteiger partial charge >= 0.3 is 12.1 Å². The third-order valence-electron chi connectivity index (χ3n) is 3.78. The molecule has 8 heteroatoms. The van der Waals surface area contributed by atoms with E-state index in [9.17, 15) is 18.0 Å². The molecule has 0 bridgehead atoms. The fourth-order valence-corrected chi connectivity index (χ4v) is 2.52. The molecule has 2 rings (SSSR count). The number of carboxylic acids is 1. The van der Waals surface area contributed by atoms with E-state index >= 15 is 0 Å². The smallest absolute Gasteiger partial charge is 0.416 e. The first-order chi connectivity index (χ1) is 10.8. The molecule has 1 saturated heterocycles. The lowest BCUT2D eigenvalue weighted by Crippen LogP contribution is -2.46. The highest BCUT2D eigenvalue weighted by Gasteiger charge is 2.30. The Hall–Kier alpha value is -2.22. The van der Waals surface area contributed by atoms with E-state index in [1.54, 1.807) is 4.90 Å². The molecule has 5 nitrogen and oxygen atoms in total. The number of piperazine rings is 1. The zero-order chi connectivity index (χ0) is 17.0. The van der Waals surface area contributed by atoms with Crippen LogP contribution >= 0.6 is 0 Å². The van der Waals surface area contributed by atoms with Gasteiger partial charge in [-0.3, -0.25) is 4.90 Å². The minimum Gasteiger partial charge on any atom is -0.477 e. The molecule has 1 aromatic carbocycles. The molecular formula is C15H18F3N3O2. The minimum absolute atomic E-state index is 0.0687. The maximum absolute atomic E-state index is 12.5. The summed E-state index contributed by atoms with van der Waals surface area (Å²) in [6, 6.07) is 5.09. The van der Waals surface area contributed by atoms with Gasteiger partial charge in [-0.05, 0) is 17.7 Å². The topological polar surface area (TPSA) is 69.8 Å². The average Bonchev–Trinajstić information content (AvgIpc) is 2.49. The summed E-state index contributed by atoms with van der Waals surface area (Å²) in [6.45, 7) is 2.78. The van der Waals surface area contributed by atoms with Crippen LogP contribution in [0.3, 0.4) is 0 Å². The van der Waals surface area contributed by atoms with Crippen molar-refractivity contribution in [2.24, 2.45) is 5.73 Å². The average molecular weight is 329 g/mol. The van der Waals surface area contributed by atoms with E-state index in [-0.39, 0.29) is 5.70 Å². The number of hydrogen-bond acceptors (Lipinski definition) is 4. The second-order valence-electron chi connectivity index (χ2n) is 5.31. The molecule has 3 N–H and O–H groups in total. The molecular weight excluding hydrogens is 311 g/mol. The van der Waals surface area contributed by atoms with Crippen molar-refractivity contribution in [3.8, 4) is 0 Å². The van der Waals surface area contributed by atoms with Crippen molar-refractivity contribution in [1.29, 1.82) is 0 Å². The minimum atomic E-state index is -4.33. The van der Waals surface area contributed by atoms with E-state index in [4.69, 9.17) is 10.8 Å². The van der Waals surface area contributed by atoms with Gasteiger partial charge in [0.15, 0.2) is 0 Å². The van der Waals surface area contributed by atoms with Crippen LogP contribution in [0.25, 0.3) is 0 Å². The van der Waals surface area contributed by atoms with Crippen molar-refractivity contribution in [2.75, 3.05) is 26.2 Å². The molecule has 0 radical (unpaired) electrons. The van der Waals surface area contributed by atoms with Gasteiger partial charge in [0.2, 0.25) is 0 Å². The van der Waals surface area contributed by atoms with E-state index in [2.05, 4.69) is 4.90 Å². The highest BCUT2D eigenvalue weighted by atomic mass is 19.4. The number of benzene rings is 1. The fraction of sp³-hybridized carbons (Fsp3) is 0.400. The second kappa shape index (κ2) is 6.91. The Morgan fingerprint density at radius 2 is 1.74 bits per heavy atom. The number of rotatable bonds is 4. The second-order valence-corrected chi connectivity index (χ2v) is 5.31. The number of nitrogens with two attached hydrogens (primary N) is 1. The van der Waals surface area contributed by atoms with Crippen LogP contribution < -0.4 is 5.73 Å². The van der Waals surface area contributed by atoms with Crippen LogP contribution in [0.2, 0.25) is 0 Å². The van der Waals surface area contributed by atoms with E-state index in [0.717, 1.165) is 23.9 Å². The highest BCUT2D eigenvalue weighted by Crippen LogP contribution is 2.29. The third-order valence-corrected chi connectivity index (χ3v) is 3.78. The summed E-state index contributed by atoms with van der Waals surface area (Å²) < 4.78 is 37.5. The molecule has 1 aromatic rings. The summed E-state index contributed by atoms with van der Waals surface area (Å²) in [5.41, 5.74) is 5.52. The molecule has 126 valence electrons. The van der Waals surface area contributed by atoms with Crippen LogP contribution in [0.15, 0.2) is 36.2 Å². The van der Waals surface area contributed by atoms with Gasteiger partial charge in [-0.15, -0.1) is 0 Å². The van der Waals surface area contributed by atoms with Gasteiger partial charge in [-0.1, -0.05) is 12.1 Å². The van der Waals surface area contributed by atoms with Crippen LogP contribution in [0, 0.1) is 0 Å². The van der Waals surface area contributed by atoms with Gasteiger partial charge in [-0.2, -0.15) is 13.2 Å². The first kappa shape index (κ1) is 17.1. The number of carbonyl (C=O) groups is 1. The van der Waals surface area contributed by atoms with Crippen molar-refractivity contribution < 1.29 is 23.1 Å². The lowest BCUT2D eigenvalue weighted by Gasteiger charge is -2.36. The molecule has 0 aromatic heterocycles. The molecule has 0 unspecified atom stereocenters. The lowest BCUT2D eigenvalue weighted by atomic mass is 10.1. The molecule has 0 amide bonds. The van der Waals surface area contributed by atoms with E-state index in [1.807, 2.05) is 0 Å². The molecule has 1 heterocycles. The summed E-state index contributed by atoms with van der Waals surface area (Å²) >= 11 is 0. The molecule has 1 aliphatic rings. The standard InChI is InChI=1S/C15H18F3N3O2/c16-15(17,18)12-3-1-11(2-4-12)10-20-5-7-21(8-6-20)13(9-19)14(22)23/h1-4,9H,5-8,10,19H2,(H,22,23). The summed E-state index contributed by atoms with van der Waals surface area (Å²) in [4.78, 5) is 14.8. The zero-order valence-corrected chi connectivity index (χ0v) is 12.4. The van der Waals surface area contributed by atoms with Crippen LogP contribution in [0.5, 0.6) is 0 Å². The van der Waals surface area contributed by atoms with E-state index < -0.39 is 17.7 Å². The molecule has 0 spiro atoms. The van der Waals surface area contributed by atoms with Crippen LogP contribution in [0.4, 0.5) is 13.2 Å². The number of hydrogen-bond donors (Lipinski definition) is 2. The van der Waals surface area contributed by atoms with Crippen LogP contribution in [-0.2, 0) is 17.5 Å². The summed E-state index contributed by atoms with van der Waals surface area (Å²) in [6.07, 6.45) is -3.25. The lowest BCUT2D eigenvalue weighted by molar-refractivity contribution is -0.137. The molecule has 0 saturated carbocycles. The normalized spacial score (nSPS) is 17.3. The Balaban J connectivity index is 1.91. The van der Waals surface area contributed by atoms with Crippen molar-refractivity contribution in [2.45, 2.75) is 12.7 Å². The van der Waals surface area contributed by atoms with Gasteiger partial charge in [-0.25, -0.2) is 4.79 Å². The Kier molecular flexibility index (Phi) is 5.15. The maximum atomic E-state index is 12.5. The Morgan fingerprint density at radius 1 is 1.17 bits per heavy atom. The number of aliphatic carboxylic acids is 1. The number of alkyl halides is 3. The van der Waals surface area contributed by atoms with Gasteiger partial charge < -0.3 is 15.7 Å². The Bertz CT molecular complexity index is 577. The summed E-state index contributed by atoms with van der Waals surface area (Å²) in [7, 11) is 0. The van der Waals surface area contributed by atoms with E-state index in [1.165, 1.54) is 12.1 Å². The van der Waals surface area contributed by atoms with Crippen molar-refractivity contribution in [1.82, 2.24) is 9.80 Å². The van der Waals surface area contributed by atoms with Crippen LogP contribution in [0.1, 0.15) is 11.1 Å². The van der Waals surface area contributed by atoms with Crippen molar-refractivity contribution in [3.63, 3.8) is 0 Å². The monoisotopic (exact) mass is 329 g/mol. The first-order valence-corrected chi connectivity index (χ1v) is 7.10. The molecule has 0 atom stereocenters. The van der Waals surface area contributed by atoms with Gasteiger partial charge in [0, 0.05) is 38.9 Å². The summed E-state index contributed by atoms with van der Waals surface area (Å²) in [5, 5.41) is 9.02. The number of carboxylic acid groups (broad SMARTS) is 1. The molecule has 0 aliphatic carbocycles. The van der Waals surface area contributed by atoms with Crippen molar-refractivity contribution in [3.05, 3.63) is 47.3 Å². The Labute approximate surface area is 131 Å².